The van der Waals surface area contributed by atoms with Gasteiger partial charge in [0.25, 0.3) is 0 Å². The maximum absolute atomic E-state index is 5.25. The monoisotopic (exact) mass is 179 g/mol. The highest BCUT2D eigenvalue weighted by atomic mass is 32.2. The lowest BCUT2D eigenvalue weighted by Crippen LogP contribution is -2.10. The van der Waals surface area contributed by atoms with Crippen LogP contribution in [0, 0.1) is 0 Å². The Morgan fingerprint density at radius 1 is 1.56 bits per heavy atom. The van der Waals surface area contributed by atoms with Crippen LogP contribution in [0.15, 0.2) is 0 Å². The zero-order chi connectivity index (χ0) is 7.28. The Labute approximate surface area is 70.4 Å². The zero-order valence-corrected chi connectivity index (χ0v) is 7.67. The fraction of sp³-hybridized carbons (Fsp3) is 0.600. The van der Waals surface area contributed by atoms with Gasteiger partial charge in [0, 0.05) is 6.42 Å². The van der Waals surface area contributed by atoms with Gasteiger partial charge < -0.3 is 5.73 Å². The van der Waals surface area contributed by atoms with Gasteiger partial charge in [-0.25, -0.2) is 0 Å². The minimum atomic E-state index is 0.487. The first-order valence-electron chi connectivity index (χ1n) is 2.60. The summed E-state index contributed by atoms with van der Waals surface area (Å²) < 4.78 is 0.894. The van der Waals surface area contributed by atoms with Gasteiger partial charge in [-0.15, -0.1) is 11.8 Å². The van der Waals surface area contributed by atoms with E-state index in [0.29, 0.717) is 11.4 Å². The quantitative estimate of drug-likeness (QED) is 0.668. The molecule has 0 aromatic heterocycles. The maximum atomic E-state index is 5.25. The van der Waals surface area contributed by atoms with Crippen LogP contribution in [-0.4, -0.2) is 14.9 Å². The van der Waals surface area contributed by atoms with Crippen molar-refractivity contribution in [2.75, 3.05) is 5.75 Å². The van der Waals surface area contributed by atoms with E-state index in [4.69, 9.17) is 18.0 Å². The fourth-order valence-electron chi connectivity index (χ4n) is 0.354. The van der Waals surface area contributed by atoms with Crippen molar-refractivity contribution in [2.45, 2.75) is 13.3 Å². The van der Waals surface area contributed by atoms with Crippen molar-refractivity contribution in [3.8, 4) is 0 Å². The van der Waals surface area contributed by atoms with E-state index in [1.54, 1.807) is 11.8 Å². The molecular formula is C5H9NS3. The molecule has 0 unspecified atom stereocenters. The summed E-state index contributed by atoms with van der Waals surface area (Å²) in [6.07, 6.45) is 0.600. The number of hydrogen-bond acceptors (Lipinski definition) is 3. The molecule has 2 N–H and O–H groups in total. The molecule has 0 aliphatic rings. The Morgan fingerprint density at radius 2 is 2.11 bits per heavy atom. The normalized spacial score (nSPS) is 9.00. The first-order chi connectivity index (χ1) is 4.16. The highest BCUT2D eigenvalue weighted by Crippen LogP contribution is 2.06. The van der Waals surface area contributed by atoms with Crippen LogP contribution in [0.2, 0.25) is 0 Å². The summed E-state index contributed by atoms with van der Waals surface area (Å²) >= 11 is 11.2. The lowest BCUT2D eigenvalue weighted by Gasteiger charge is -1.96. The van der Waals surface area contributed by atoms with Crippen LogP contribution >= 0.6 is 36.2 Å². The van der Waals surface area contributed by atoms with E-state index in [0.717, 1.165) is 9.95 Å². The Bertz CT molecular complexity index is 121. The predicted molar refractivity (Wildman–Crippen MR) is 52.1 cm³/mol. The molecule has 52 valence electrons. The van der Waals surface area contributed by atoms with E-state index in [2.05, 4.69) is 19.1 Å². The van der Waals surface area contributed by atoms with Gasteiger partial charge in [-0.3, -0.25) is 0 Å². The number of rotatable bonds is 3. The van der Waals surface area contributed by atoms with Gasteiger partial charge in [-0.05, 0) is 5.75 Å². The molecule has 0 fully saturated rings. The van der Waals surface area contributed by atoms with E-state index in [9.17, 15) is 0 Å². The van der Waals surface area contributed by atoms with Crippen LogP contribution in [-0.2, 0) is 0 Å². The molecule has 0 saturated heterocycles. The van der Waals surface area contributed by atoms with Crippen LogP contribution in [0.4, 0.5) is 0 Å². The van der Waals surface area contributed by atoms with Crippen molar-refractivity contribution in [1.29, 1.82) is 0 Å². The van der Waals surface area contributed by atoms with Crippen molar-refractivity contribution < 1.29 is 0 Å². The summed E-state index contributed by atoms with van der Waals surface area (Å²) in [6.45, 7) is 2.05. The second-order valence-electron chi connectivity index (χ2n) is 1.45. The summed E-state index contributed by atoms with van der Waals surface area (Å²) in [5.41, 5.74) is 5.25. The standard InChI is InChI=1S/C5H9NS3/c1-2-9-5(8)3-4(6)7/h2-3H2,1H3,(H2,6,7). The van der Waals surface area contributed by atoms with E-state index in [1.807, 2.05) is 0 Å². The fourth-order valence-corrected chi connectivity index (χ4v) is 1.77. The largest absolute Gasteiger partial charge is 0.393 e. The minimum absolute atomic E-state index is 0.487. The van der Waals surface area contributed by atoms with Gasteiger partial charge in [-0.1, -0.05) is 31.4 Å². The average molecular weight is 179 g/mol. The molecule has 1 nitrogen and oxygen atoms in total. The second kappa shape index (κ2) is 5.14. The van der Waals surface area contributed by atoms with Gasteiger partial charge in [0.1, 0.15) is 0 Å². The van der Waals surface area contributed by atoms with Crippen molar-refractivity contribution >= 4 is 45.4 Å². The molecule has 0 atom stereocenters. The van der Waals surface area contributed by atoms with E-state index < -0.39 is 0 Å². The highest BCUT2D eigenvalue weighted by Gasteiger charge is 1.96. The van der Waals surface area contributed by atoms with Crippen LogP contribution in [0.5, 0.6) is 0 Å². The molecule has 0 bridgehead atoms. The Kier molecular flexibility index (Phi) is 5.33. The van der Waals surface area contributed by atoms with Crippen molar-refractivity contribution in [3.05, 3.63) is 0 Å². The molecule has 0 aromatic rings. The number of nitrogens with two attached hydrogens (primary N) is 1. The molecule has 0 rings (SSSR count). The molecule has 0 heterocycles. The number of thioether (sulfide) groups is 1. The zero-order valence-electron chi connectivity index (χ0n) is 5.22. The summed E-state index contributed by atoms with van der Waals surface area (Å²) in [4.78, 5) is 0.487. The van der Waals surface area contributed by atoms with Crippen molar-refractivity contribution in [3.63, 3.8) is 0 Å². The molecular weight excluding hydrogens is 170 g/mol. The minimum Gasteiger partial charge on any atom is -0.393 e. The summed E-state index contributed by atoms with van der Waals surface area (Å²) in [5.74, 6) is 1.00. The highest BCUT2D eigenvalue weighted by molar-refractivity contribution is 8.23. The molecule has 0 saturated carbocycles. The topological polar surface area (TPSA) is 26.0 Å². The van der Waals surface area contributed by atoms with Crippen LogP contribution < -0.4 is 5.73 Å². The SMILES string of the molecule is CCSC(=S)CC(N)=S. The molecule has 0 amide bonds. The summed E-state index contributed by atoms with van der Waals surface area (Å²) in [7, 11) is 0. The molecule has 4 heteroatoms. The molecule has 0 spiro atoms. The van der Waals surface area contributed by atoms with Gasteiger partial charge in [-0.2, -0.15) is 0 Å². The van der Waals surface area contributed by atoms with Crippen LogP contribution in [0.25, 0.3) is 0 Å². The lowest BCUT2D eigenvalue weighted by atomic mass is 10.5. The Balaban J connectivity index is 3.39. The van der Waals surface area contributed by atoms with Gasteiger partial charge >= 0.3 is 0 Å². The third kappa shape index (κ3) is 6.21. The van der Waals surface area contributed by atoms with Crippen molar-refractivity contribution in [1.82, 2.24) is 0 Å². The molecule has 0 radical (unpaired) electrons. The smallest absolute Gasteiger partial charge is 0.0785 e. The lowest BCUT2D eigenvalue weighted by molar-refractivity contribution is 1.53. The Morgan fingerprint density at radius 3 is 2.44 bits per heavy atom. The summed E-state index contributed by atoms with van der Waals surface area (Å²) in [6, 6.07) is 0. The third-order valence-corrected chi connectivity index (χ3v) is 2.02. The van der Waals surface area contributed by atoms with E-state index >= 15 is 0 Å². The number of thiocarbonyl (C=S) groups is 2. The maximum Gasteiger partial charge on any atom is 0.0785 e. The first kappa shape index (κ1) is 9.33. The molecule has 0 aliphatic heterocycles. The van der Waals surface area contributed by atoms with Gasteiger partial charge in [0.2, 0.25) is 0 Å². The molecule has 9 heavy (non-hydrogen) atoms. The molecule has 0 aliphatic carbocycles. The molecule has 0 aromatic carbocycles. The van der Waals surface area contributed by atoms with Crippen LogP contribution in [0.1, 0.15) is 13.3 Å². The summed E-state index contributed by atoms with van der Waals surface area (Å²) in [5, 5.41) is 0. The third-order valence-electron chi connectivity index (χ3n) is 0.624. The van der Waals surface area contributed by atoms with Crippen LogP contribution in [0.3, 0.4) is 0 Å². The predicted octanol–water partition coefficient (Wildman–Crippen LogP) is 1.74. The second-order valence-corrected chi connectivity index (χ2v) is 4.08. The van der Waals surface area contributed by atoms with Gasteiger partial charge in [0.15, 0.2) is 0 Å². The van der Waals surface area contributed by atoms with E-state index in [1.165, 1.54) is 0 Å². The average Bonchev–Trinajstić information content (AvgIpc) is 1.63. The first-order valence-corrected chi connectivity index (χ1v) is 4.41. The number of hydrogen-bond donors (Lipinski definition) is 1. The van der Waals surface area contributed by atoms with E-state index in [-0.39, 0.29) is 0 Å². The Hall–Kier alpha value is 0.330. The van der Waals surface area contributed by atoms with Crippen molar-refractivity contribution in [2.24, 2.45) is 5.73 Å². The van der Waals surface area contributed by atoms with Gasteiger partial charge in [0.05, 0.1) is 9.19 Å².